The lowest BCUT2D eigenvalue weighted by Gasteiger charge is -2.52. The van der Waals surface area contributed by atoms with E-state index in [0.717, 1.165) is 50.9 Å². The Morgan fingerprint density at radius 1 is 0.708 bits per heavy atom. The molecule has 0 amide bonds. The van der Waals surface area contributed by atoms with Gasteiger partial charge in [-0.05, 0) is 169 Å². The molecule has 10 atom stereocenters. The Morgan fingerprint density at radius 2 is 1.54 bits per heavy atom. The van der Waals surface area contributed by atoms with Crippen LogP contribution in [0.3, 0.4) is 0 Å². The predicted molar refractivity (Wildman–Crippen MR) is 304 cm³/mol. The fraction of sp³-hybridized carbons (Fsp3) is 0.358. The minimum Gasteiger partial charge on any atom is -0.361 e. The molecule has 1 saturated heterocycles. The minimum atomic E-state index is -0.0381. The molecule has 3 aliphatic heterocycles. The predicted octanol–water partition coefficient (Wildman–Crippen LogP) is 15.9. The van der Waals surface area contributed by atoms with Crippen molar-refractivity contribution in [3.05, 3.63) is 215 Å². The lowest BCUT2D eigenvalue weighted by Crippen LogP contribution is -2.57. The molecule has 10 unspecified atom stereocenters. The average Bonchev–Trinajstić information content (AvgIpc) is 3.77. The Morgan fingerprint density at radius 3 is 2.35 bits per heavy atom. The van der Waals surface area contributed by atoms with Gasteiger partial charge in [0.05, 0.1) is 0 Å². The van der Waals surface area contributed by atoms with E-state index in [4.69, 9.17) is 4.99 Å². The molecule has 5 aliphatic carbocycles. The molecule has 0 radical (unpaired) electrons. The maximum absolute atomic E-state index is 5.77. The molecule has 4 nitrogen and oxygen atoms in total. The van der Waals surface area contributed by atoms with Gasteiger partial charge in [0.25, 0.3) is 0 Å². The molecule has 5 aromatic rings. The first-order chi connectivity index (χ1) is 35.6. The summed E-state index contributed by atoms with van der Waals surface area (Å²) in [5.74, 6) is 3.36. The number of para-hydroxylation sites is 1. The molecule has 2 bridgehead atoms. The molecule has 3 heterocycles. The van der Waals surface area contributed by atoms with Gasteiger partial charge >= 0.3 is 0 Å². The molecule has 0 spiro atoms. The molecule has 5 heteroatoms. The fourth-order valence-corrected chi connectivity index (χ4v) is 16.7. The van der Waals surface area contributed by atoms with Crippen molar-refractivity contribution in [2.45, 2.75) is 131 Å². The number of allylic oxidation sites excluding steroid dienone is 10. The van der Waals surface area contributed by atoms with Gasteiger partial charge in [-0.2, -0.15) is 11.8 Å². The highest BCUT2D eigenvalue weighted by atomic mass is 32.2. The third-order valence-corrected chi connectivity index (χ3v) is 20.1. The van der Waals surface area contributed by atoms with Gasteiger partial charge in [-0.15, -0.1) is 0 Å². The summed E-state index contributed by atoms with van der Waals surface area (Å²) >= 11 is 2.37. The Labute approximate surface area is 433 Å². The highest BCUT2D eigenvalue weighted by Crippen LogP contribution is 2.64. The van der Waals surface area contributed by atoms with Crippen LogP contribution >= 0.6 is 11.8 Å². The number of fused-ring (bicyclic) bond motifs is 8. The Bertz CT molecular complexity index is 3030. The van der Waals surface area contributed by atoms with Gasteiger partial charge in [-0.3, -0.25) is 5.32 Å². The minimum absolute atomic E-state index is 0.0105. The van der Waals surface area contributed by atoms with E-state index < -0.39 is 0 Å². The van der Waals surface area contributed by atoms with Crippen molar-refractivity contribution < 1.29 is 0 Å². The summed E-state index contributed by atoms with van der Waals surface area (Å²) in [5, 5.41) is 9.25. The molecular weight excluding hydrogens is 893 g/mol. The third-order valence-electron chi connectivity index (χ3n) is 18.2. The van der Waals surface area contributed by atoms with Crippen molar-refractivity contribution in [2.24, 2.45) is 22.7 Å². The molecule has 72 heavy (non-hydrogen) atoms. The average molecular weight is 963 g/mol. The summed E-state index contributed by atoms with van der Waals surface area (Å²) in [4.78, 5) is 8.62. The standard InChI is InChI=1S/C67H70N4S/c1-2-67-40-39-61-62(59(43-67)54-31-18-19-34-60(54)71(67)44-45-21-8-3-9-22-45)56-33-20-32-55(63(56)72-61)53-38-36-51(50-35-37-52(46-23-10-4-11-24-46)57(41-50)47-25-12-5-13-26-47)42-58(53)66-69-64(48-27-14-6-15-28-48)68-65(70-66)49-29-16-7-17-30-49/h3-4,6-11,14-16,18-25,27,29,31,33-38,41-42,48,55-56,59,61-65,68H,2,5,12-13,17,26,28,30,32,39-40,43-44H2,1H3,(H,69,70). The summed E-state index contributed by atoms with van der Waals surface area (Å²) in [6.07, 6.45) is 37.7. The fourth-order valence-electron chi connectivity index (χ4n) is 14.5. The smallest absolute Gasteiger partial charge is 0.131 e. The van der Waals surface area contributed by atoms with Crippen LogP contribution in [-0.4, -0.2) is 34.2 Å². The first-order valence-corrected chi connectivity index (χ1v) is 28.6. The Balaban J connectivity index is 0.914. The zero-order valence-corrected chi connectivity index (χ0v) is 42.8. The number of hydrogen-bond donors (Lipinski definition) is 2. The van der Waals surface area contributed by atoms with Crippen molar-refractivity contribution in [1.82, 2.24) is 10.6 Å². The second kappa shape index (κ2) is 19.9. The topological polar surface area (TPSA) is 39.7 Å². The normalized spacial score (nSPS) is 30.3. The highest BCUT2D eigenvalue weighted by molar-refractivity contribution is 8.00. The molecule has 8 aliphatic rings. The SMILES string of the molecule is CCC12CCC3SC4C(c5ccc(-c6ccc(-c7ccccc7)c(C7=CCCCC7)c6)cc5C5=NC(C6C=CC=CC6)NC(C6=CC=CCC6)N5)CC=CC4C3C(C1)c1ccccc1N2Cc1ccccc1. The summed E-state index contributed by atoms with van der Waals surface area (Å²) in [6.45, 7) is 3.45. The van der Waals surface area contributed by atoms with Gasteiger partial charge in [0.15, 0.2) is 0 Å². The second-order valence-electron chi connectivity index (χ2n) is 22.1. The van der Waals surface area contributed by atoms with E-state index in [1.807, 2.05) is 0 Å². The number of rotatable bonds is 10. The van der Waals surface area contributed by atoms with Gasteiger partial charge in [-0.1, -0.05) is 171 Å². The van der Waals surface area contributed by atoms with Crippen LogP contribution in [0.4, 0.5) is 5.69 Å². The van der Waals surface area contributed by atoms with Crippen LogP contribution in [-0.2, 0) is 6.54 Å². The van der Waals surface area contributed by atoms with Crippen LogP contribution in [0.2, 0.25) is 0 Å². The van der Waals surface area contributed by atoms with Crippen LogP contribution in [0, 0.1) is 17.8 Å². The first-order valence-electron chi connectivity index (χ1n) is 27.7. The van der Waals surface area contributed by atoms with E-state index in [0.29, 0.717) is 34.2 Å². The lowest BCUT2D eigenvalue weighted by atomic mass is 9.65. The zero-order valence-electron chi connectivity index (χ0n) is 42.0. The van der Waals surface area contributed by atoms with Crippen LogP contribution in [0.25, 0.3) is 27.8 Å². The lowest BCUT2D eigenvalue weighted by molar-refractivity contribution is 0.252. The van der Waals surface area contributed by atoms with Crippen molar-refractivity contribution >= 4 is 28.9 Å². The van der Waals surface area contributed by atoms with Gasteiger partial charge < -0.3 is 10.2 Å². The maximum Gasteiger partial charge on any atom is 0.131 e. The molecule has 13 rings (SSSR count). The van der Waals surface area contributed by atoms with E-state index in [9.17, 15) is 0 Å². The summed E-state index contributed by atoms with van der Waals surface area (Å²) in [7, 11) is 0. The third kappa shape index (κ3) is 8.52. The van der Waals surface area contributed by atoms with Crippen molar-refractivity contribution in [3.63, 3.8) is 0 Å². The number of amidine groups is 1. The number of nitrogens with one attached hydrogen (secondary N) is 2. The first kappa shape index (κ1) is 45.9. The number of nitrogens with zero attached hydrogens (tertiary/aromatic N) is 2. The number of anilines is 1. The van der Waals surface area contributed by atoms with Gasteiger partial charge in [-0.25, -0.2) is 4.99 Å². The number of aliphatic imine (C=N–C) groups is 1. The number of hydrogen-bond acceptors (Lipinski definition) is 5. The number of benzene rings is 5. The van der Waals surface area contributed by atoms with E-state index in [1.165, 1.54) is 99.9 Å². The monoisotopic (exact) mass is 963 g/mol. The van der Waals surface area contributed by atoms with Crippen molar-refractivity contribution in [2.75, 3.05) is 4.90 Å². The molecule has 2 fully saturated rings. The maximum atomic E-state index is 5.77. The van der Waals surface area contributed by atoms with Crippen molar-refractivity contribution in [3.8, 4) is 22.3 Å². The molecule has 0 aromatic heterocycles. The summed E-state index contributed by atoms with van der Waals surface area (Å²) in [6, 6.07) is 46.7. The quantitative estimate of drug-likeness (QED) is 0.137. The Kier molecular flexibility index (Phi) is 12.7. The van der Waals surface area contributed by atoms with E-state index in [-0.39, 0.29) is 23.8 Å². The molecule has 5 aromatic carbocycles. The van der Waals surface area contributed by atoms with Crippen molar-refractivity contribution in [1.29, 1.82) is 0 Å². The van der Waals surface area contributed by atoms with Gasteiger partial charge in [0.1, 0.15) is 18.2 Å². The van der Waals surface area contributed by atoms with Crippen LogP contribution < -0.4 is 15.5 Å². The van der Waals surface area contributed by atoms with Gasteiger partial charge in [0.2, 0.25) is 0 Å². The molecular formula is C67H70N4S. The molecule has 2 N–H and O–H groups in total. The van der Waals surface area contributed by atoms with E-state index in [1.54, 1.807) is 5.56 Å². The summed E-state index contributed by atoms with van der Waals surface area (Å²) in [5.41, 5.74) is 16.8. The number of thioether (sulfide) groups is 1. The van der Waals surface area contributed by atoms with Gasteiger partial charge in [0, 0.05) is 45.7 Å². The van der Waals surface area contributed by atoms with Crippen LogP contribution in [0.1, 0.15) is 124 Å². The van der Waals surface area contributed by atoms with Crippen LogP contribution in [0.15, 0.2) is 193 Å². The molecule has 1 saturated carbocycles. The second-order valence-corrected chi connectivity index (χ2v) is 23.5. The highest BCUT2D eigenvalue weighted by Gasteiger charge is 2.57. The zero-order chi connectivity index (χ0) is 48.0. The Hall–Kier alpha value is -5.88. The molecule has 364 valence electrons. The summed E-state index contributed by atoms with van der Waals surface area (Å²) < 4.78 is 0. The largest absolute Gasteiger partial charge is 0.361 e. The van der Waals surface area contributed by atoms with E-state index in [2.05, 4.69) is 216 Å². The van der Waals surface area contributed by atoms with Crippen LogP contribution in [0.5, 0.6) is 0 Å². The van der Waals surface area contributed by atoms with E-state index >= 15 is 0 Å².